The molecule has 1 aliphatic carbocycles. The summed E-state index contributed by atoms with van der Waals surface area (Å²) in [6, 6.07) is -1.27. The van der Waals surface area contributed by atoms with Crippen LogP contribution in [-0.4, -0.2) is 35.7 Å². The van der Waals surface area contributed by atoms with Gasteiger partial charge in [0.15, 0.2) is 0 Å². The van der Waals surface area contributed by atoms with Crippen LogP contribution in [0.4, 0.5) is 4.79 Å². The zero-order valence-electron chi connectivity index (χ0n) is 11.0. The number of aliphatic hydroxyl groups excluding tert-OH is 1. The van der Waals surface area contributed by atoms with Crippen molar-refractivity contribution in [3.63, 3.8) is 0 Å². The van der Waals surface area contributed by atoms with E-state index in [1.165, 1.54) is 0 Å². The number of nitrogens with two attached hydrogens (primary N) is 1. The fraction of sp³-hybridized carbons (Fsp3) is 0.833. The summed E-state index contributed by atoms with van der Waals surface area (Å²) < 4.78 is 0. The van der Waals surface area contributed by atoms with Gasteiger partial charge in [0.1, 0.15) is 6.04 Å². The summed E-state index contributed by atoms with van der Waals surface area (Å²) in [5.41, 5.74) is 5.07. The van der Waals surface area contributed by atoms with Crippen LogP contribution in [0.5, 0.6) is 0 Å². The fourth-order valence-corrected chi connectivity index (χ4v) is 2.08. The number of hydrogen-bond donors (Lipinski definition) is 4. The van der Waals surface area contributed by atoms with Gasteiger partial charge in [-0.2, -0.15) is 0 Å². The minimum absolute atomic E-state index is 0.0319. The molecule has 2 unspecified atom stereocenters. The van der Waals surface area contributed by atoms with Gasteiger partial charge in [-0.05, 0) is 24.7 Å². The molecule has 6 heteroatoms. The summed E-state index contributed by atoms with van der Waals surface area (Å²) in [7, 11) is 0. The second-order valence-electron chi connectivity index (χ2n) is 5.11. The van der Waals surface area contributed by atoms with Crippen molar-refractivity contribution in [3.05, 3.63) is 0 Å². The molecule has 3 amide bonds. The Hall–Kier alpha value is -1.30. The van der Waals surface area contributed by atoms with Crippen LogP contribution in [0.2, 0.25) is 0 Å². The van der Waals surface area contributed by atoms with E-state index in [9.17, 15) is 9.59 Å². The first-order valence-corrected chi connectivity index (χ1v) is 6.45. The zero-order valence-corrected chi connectivity index (χ0v) is 11.0. The van der Waals surface area contributed by atoms with Crippen LogP contribution in [0.15, 0.2) is 0 Å². The van der Waals surface area contributed by atoms with E-state index in [0.29, 0.717) is 12.5 Å². The predicted octanol–water partition coefficient (Wildman–Crippen LogP) is -0.0435. The average molecular weight is 257 g/mol. The van der Waals surface area contributed by atoms with E-state index < -0.39 is 12.1 Å². The highest BCUT2D eigenvalue weighted by Crippen LogP contribution is 2.26. The second kappa shape index (κ2) is 6.58. The van der Waals surface area contributed by atoms with E-state index in [0.717, 1.165) is 19.3 Å². The minimum Gasteiger partial charge on any atom is -0.393 e. The van der Waals surface area contributed by atoms with Crippen LogP contribution in [-0.2, 0) is 4.79 Å². The topological polar surface area (TPSA) is 104 Å². The van der Waals surface area contributed by atoms with Crippen LogP contribution in [0.1, 0.15) is 33.1 Å². The van der Waals surface area contributed by atoms with Crippen LogP contribution in [0.25, 0.3) is 0 Å². The molecule has 1 saturated carbocycles. The van der Waals surface area contributed by atoms with Crippen molar-refractivity contribution < 1.29 is 14.7 Å². The Balaban J connectivity index is 2.40. The zero-order chi connectivity index (χ0) is 13.7. The molecule has 0 aromatic heterocycles. The Morgan fingerprint density at radius 1 is 1.44 bits per heavy atom. The number of aliphatic hydroxyl groups is 1. The second-order valence-corrected chi connectivity index (χ2v) is 5.11. The molecule has 5 N–H and O–H groups in total. The van der Waals surface area contributed by atoms with Crippen molar-refractivity contribution in [1.82, 2.24) is 10.6 Å². The Labute approximate surface area is 107 Å². The van der Waals surface area contributed by atoms with Crippen LogP contribution >= 0.6 is 0 Å². The minimum atomic E-state index is -0.686. The van der Waals surface area contributed by atoms with Gasteiger partial charge in [0.25, 0.3) is 0 Å². The maximum atomic E-state index is 12.0. The lowest BCUT2D eigenvalue weighted by atomic mass is 9.82. The molecule has 0 aromatic rings. The number of rotatable bonds is 6. The lowest BCUT2D eigenvalue weighted by molar-refractivity contribution is -0.124. The molecule has 0 spiro atoms. The Morgan fingerprint density at radius 2 is 2.06 bits per heavy atom. The van der Waals surface area contributed by atoms with E-state index in [1.54, 1.807) is 0 Å². The SMILES string of the molecule is CCC(C)C(NC(N)=O)C(=O)NCC1CC(O)C1. The average Bonchev–Trinajstić information content (AvgIpc) is 2.28. The molecule has 1 aliphatic rings. The van der Waals surface area contributed by atoms with Gasteiger partial charge in [-0.3, -0.25) is 4.79 Å². The number of urea groups is 1. The van der Waals surface area contributed by atoms with Crippen molar-refractivity contribution in [3.8, 4) is 0 Å². The molecule has 0 saturated heterocycles. The van der Waals surface area contributed by atoms with Crippen molar-refractivity contribution in [2.24, 2.45) is 17.6 Å². The largest absolute Gasteiger partial charge is 0.393 e. The normalized spacial score (nSPS) is 25.7. The molecule has 0 aromatic carbocycles. The van der Waals surface area contributed by atoms with E-state index >= 15 is 0 Å². The number of primary amides is 1. The van der Waals surface area contributed by atoms with Crippen LogP contribution in [0, 0.1) is 11.8 Å². The fourth-order valence-electron chi connectivity index (χ4n) is 2.08. The maximum Gasteiger partial charge on any atom is 0.312 e. The number of nitrogens with one attached hydrogen (secondary N) is 2. The highest BCUT2D eigenvalue weighted by molar-refractivity contribution is 5.86. The third-order valence-corrected chi connectivity index (χ3v) is 3.57. The first-order valence-electron chi connectivity index (χ1n) is 6.45. The molecule has 0 aliphatic heterocycles. The van der Waals surface area contributed by atoms with Gasteiger partial charge in [0, 0.05) is 6.54 Å². The molecule has 0 radical (unpaired) electrons. The number of hydrogen-bond acceptors (Lipinski definition) is 3. The van der Waals surface area contributed by atoms with E-state index in [-0.39, 0.29) is 17.9 Å². The van der Waals surface area contributed by atoms with Crippen LogP contribution < -0.4 is 16.4 Å². The molecular weight excluding hydrogens is 234 g/mol. The molecule has 0 heterocycles. The third kappa shape index (κ3) is 4.18. The van der Waals surface area contributed by atoms with Crippen molar-refractivity contribution in [2.45, 2.75) is 45.3 Å². The summed E-state index contributed by atoms with van der Waals surface area (Å²) in [6.45, 7) is 4.40. The first kappa shape index (κ1) is 14.8. The smallest absolute Gasteiger partial charge is 0.312 e. The van der Waals surface area contributed by atoms with Gasteiger partial charge in [0.05, 0.1) is 6.10 Å². The Bertz CT molecular complexity index is 303. The monoisotopic (exact) mass is 257 g/mol. The van der Waals surface area contributed by atoms with Crippen LogP contribution in [0.3, 0.4) is 0 Å². The third-order valence-electron chi connectivity index (χ3n) is 3.57. The molecule has 18 heavy (non-hydrogen) atoms. The van der Waals surface area contributed by atoms with E-state index in [1.807, 2.05) is 13.8 Å². The lowest BCUT2D eigenvalue weighted by Crippen LogP contribution is -2.53. The summed E-state index contributed by atoms with van der Waals surface area (Å²) in [5.74, 6) is 0.170. The quantitative estimate of drug-likeness (QED) is 0.536. The van der Waals surface area contributed by atoms with Crippen molar-refractivity contribution in [2.75, 3.05) is 6.54 Å². The van der Waals surface area contributed by atoms with Crippen molar-refractivity contribution >= 4 is 11.9 Å². The van der Waals surface area contributed by atoms with Gasteiger partial charge < -0.3 is 21.5 Å². The van der Waals surface area contributed by atoms with Gasteiger partial charge in [-0.1, -0.05) is 20.3 Å². The van der Waals surface area contributed by atoms with Gasteiger partial charge in [-0.15, -0.1) is 0 Å². The maximum absolute atomic E-state index is 12.0. The van der Waals surface area contributed by atoms with Gasteiger partial charge in [0.2, 0.25) is 5.91 Å². The molecular formula is C12H23N3O3. The highest BCUT2D eigenvalue weighted by atomic mass is 16.3. The molecule has 0 bridgehead atoms. The van der Waals surface area contributed by atoms with Gasteiger partial charge in [-0.25, -0.2) is 4.79 Å². The van der Waals surface area contributed by atoms with E-state index in [4.69, 9.17) is 10.8 Å². The summed E-state index contributed by atoms with van der Waals surface area (Å²) in [4.78, 5) is 22.8. The highest BCUT2D eigenvalue weighted by Gasteiger charge is 2.29. The molecule has 2 atom stereocenters. The number of carbonyl (C=O) groups excluding carboxylic acids is 2. The molecule has 104 valence electrons. The first-order chi connectivity index (χ1) is 8.43. The Morgan fingerprint density at radius 3 is 2.50 bits per heavy atom. The summed E-state index contributed by atoms with van der Waals surface area (Å²) in [6.07, 6.45) is 2.02. The summed E-state index contributed by atoms with van der Waals surface area (Å²) in [5, 5.41) is 14.4. The Kier molecular flexibility index (Phi) is 5.40. The molecule has 6 nitrogen and oxygen atoms in total. The standard InChI is InChI=1S/C12H23N3O3/c1-3-7(2)10(15-12(13)18)11(17)14-6-8-4-9(16)5-8/h7-10,16H,3-6H2,1-2H3,(H,14,17)(H3,13,15,18). The molecule has 1 rings (SSSR count). The molecule has 1 fully saturated rings. The van der Waals surface area contributed by atoms with Crippen molar-refractivity contribution in [1.29, 1.82) is 0 Å². The van der Waals surface area contributed by atoms with Gasteiger partial charge >= 0.3 is 6.03 Å². The van der Waals surface area contributed by atoms with E-state index in [2.05, 4.69) is 10.6 Å². The number of amides is 3. The lowest BCUT2D eigenvalue weighted by Gasteiger charge is -2.32. The number of carbonyl (C=O) groups is 2. The summed E-state index contributed by atoms with van der Waals surface area (Å²) >= 11 is 0. The predicted molar refractivity (Wildman–Crippen MR) is 67.7 cm³/mol.